The Hall–Kier alpha value is -1.10. The molecule has 23 heavy (non-hydrogen) atoms. The van der Waals surface area contributed by atoms with Gasteiger partial charge in [0, 0.05) is 19.0 Å². The number of rotatable bonds is 5. The van der Waals surface area contributed by atoms with Crippen LogP contribution in [-0.2, 0) is 14.3 Å². The second kappa shape index (κ2) is 8.13. The maximum atomic E-state index is 12.4. The molecule has 2 N–H and O–H groups in total. The van der Waals surface area contributed by atoms with Crippen molar-refractivity contribution in [3.63, 3.8) is 0 Å². The Balaban J connectivity index is 1.80. The van der Waals surface area contributed by atoms with Gasteiger partial charge in [0.1, 0.15) is 6.61 Å². The van der Waals surface area contributed by atoms with E-state index in [1.807, 2.05) is 4.90 Å². The van der Waals surface area contributed by atoms with Crippen LogP contribution < -0.4 is 5.73 Å². The quantitative estimate of drug-likeness (QED) is 0.842. The highest BCUT2D eigenvalue weighted by Gasteiger charge is 2.32. The first-order valence-corrected chi connectivity index (χ1v) is 9.07. The largest absolute Gasteiger partial charge is 0.369 e. The van der Waals surface area contributed by atoms with Crippen molar-refractivity contribution in [3.8, 4) is 0 Å². The number of amides is 2. The summed E-state index contributed by atoms with van der Waals surface area (Å²) in [5, 5.41) is 0. The van der Waals surface area contributed by atoms with Crippen LogP contribution in [0.3, 0.4) is 0 Å². The molecule has 5 heteroatoms. The number of nitrogens with two attached hydrogens (primary N) is 1. The molecule has 2 fully saturated rings. The van der Waals surface area contributed by atoms with Crippen molar-refractivity contribution in [2.75, 3.05) is 19.7 Å². The molecule has 2 aliphatic rings. The zero-order valence-corrected chi connectivity index (χ0v) is 14.8. The molecule has 3 unspecified atom stereocenters. The van der Waals surface area contributed by atoms with Crippen molar-refractivity contribution < 1.29 is 14.3 Å². The minimum absolute atomic E-state index is 0.0497. The minimum atomic E-state index is -0.246. The van der Waals surface area contributed by atoms with Crippen LogP contribution in [0.15, 0.2) is 0 Å². The maximum absolute atomic E-state index is 12.4. The average molecular weight is 324 g/mol. The lowest BCUT2D eigenvalue weighted by atomic mass is 9.75. The third-order valence-electron chi connectivity index (χ3n) is 5.63. The first-order valence-electron chi connectivity index (χ1n) is 9.07. The average Bonchev–Trinajstić information content (AvgIpc) is 2.52. The highest BCUT2D eigenvalue weighted by molar-refractivity contribution is 5.79. The molecule has 0 bridgehead atoms. The van der Waals surface area contributed by atoms with Gasteiger partial charge in [-0.3, -0.25) is 9.59 Å². The fraction of sp³-hybridized carbons (Fsp3) is 0.889. The lowest BCUT2D eigenvalue weighted by molar-refractivity contribution is -0.144. The number of primary amides is 1. The summed E-state index contributed by atoms with van der Waals surface area (Å²) in [7, 11) is 0. The Bertz CT molecular complexity index is 416. The standard InChI is InChI=1S/C18H32N2O3/c1-12(2)15-5-4-13(3)10-16(15)23-11-17(21)20-8-6-14(7-9-20)18(19)22/h12-16H,4-11H2,1-3H3,(H2,19,22). The first-order chi connectivity index (χ1) is 10.9. The summed E-state index contributed by atoms with van der Waals surface area (Å²) in [6.45, 7) is 8.15. The molecule has 2 rings (SSSR count). The van der Waals surface area contributed by atoms with Crippen molar-refractivity contribution in [1.82, 2.24) is 4.90 Å². The predicted octanol–water partition coefficient (Wildman–Crippen LogP) is 2.19. The third kappa shape index (κ3) is 4.93. The molecule has 1 aliphatic carbocycles. The Labute approximate surface area is 139 Å². The van der Waals surface area contributed by atoms with Crippen molar-refractivity contribution in [2.24, 2.45) is 29.4 Å². The third-order valence-corrected chi connectivity index (χ3v) is 5.63. The van der Waals surface area contributed by atoms with Gasteiger partial charge in [-0.25, -0.2) is 0 Å². The lowest BCUT2D eigenvalue weighted by Gasteiger charge is -2.37. The molecule has 1 saturated carbocycles. The number of hydrogen-bond donors (Lipinski definition) is 1. The number of nitrogens with zero attached hydrogens (tertiary/aromatic N) is 1. The molecule has 1 aliphatic heterocycles. The Morgan fingerprint density at radius 2 is 1.83 bits per heavy atom. The van der Waals surface area contributed by atoms with Gasteiger partial charge in [0.15, 0.2) is 0 Å². The van der Waals surface area contributed by atoms with E-state index in [1.54, 1.807) is 0 Å². The summed E-state index contributed by atoms with van der Waals surface area (Å²) >= 11 is 0. The van der Waals surface area contributed by atoms with Gasteiger partial charge < -0.3 is 15.4 Å². The minimum Gasteiger partial charge on any atom is -0.369 e. The van der Waals surface area contributed by atoms with E-state index in [2.05, 4.69) is 20.8 Å². The highest BCUT2D eigenvalue weighted by Crippen LogP contribution is 2.35. The molecule has 0 radical (unpaired) electrons. The van der Waals surface area contributed by atoms with Crippen LogP contribution in [0.2, 0.25) is 0 Å². The summed E-state index contributed by atoms with van der Waals surface area (Å²) in [6.07, 6.45) is 5.07. The summed E-state index contributed by atoms with van der Waals surface area (Å²) in [4.78, 5) is 25.4. The summed E-state index contributed by atoms with van der Waals surface area (Å²) < 4.78 is 6.03. The van der Waals surface area contributed by atoms with Crippen LogP contribution in [0.25, 0.3) is 0 Å². The fourth-order valence-corrected chi connectivity index (χ4v) is 3.99. The van der Waals surface area contributed by atoms with Gasteiger partial charge in [-0.2, -0.15) is 0 Å². The van der Waals surface area contributed by atoms with E-state index >= 15 is 0 Å². The van der Waals surface area contributed by atoms with E-state index in [-0.39, 0.29) is 30.4 Å². The Morgan fingerprint density at radius 1 is 1.17 bits per heavy atom. The lowest BCUT2D eigenvalue weighted by Crippen LogP contribution is -2.44. The van der Waals surface area contributed by atoms with Gasteiger partial charge in [0.25, 0.3) is 0 Å². The van der Waals surface area contributed by atoms with Crippen LogP contribution in [0.1, 0.15) is 52.9 Å². The van der Waals surface area contributed by atoms with Crippen LogP contribution in [-0.4, -0.2) is 42.5 Å². The molecule has 1 heterocycles. The second-order valence-electron chi connectivity index (χ2n) is 7.73. The van der Waals surface area contributed by atoms with Gasteiger partial charge in [-0.15, -0.1) is 0 Å². The molecule has 2 amide bonds. The van der Waals surface area contributed by atoms with E-state index < -0.39 is 0 Å². The molecule has 0 aromatic rings. The zero-order valence-electron chi connectivity index (χ0n) is 14.8. The molecule has 5 nitrogen and oxygen atoms in total. The number of ether oxygens (including phenoxy) is 1. The van der Waals surface area contributed by atoms with Crippen LogP contribution in [0.5, 0.6) is 0 Å². The molecule has 0 aromatic heterocycles. The topological polar surface area (TPSA) is 72.6 Å². The van der Waals surface area contributed by atoms with Crippen molar-refractivity contribution in [1.29, 1.82) is 0 Å². The summed E-state index contributed by atoms with van der Waals surface area (Å²) in [6, 6.07) is 0. The van der Waals surface area contributed by atoms with Gasteiger partial charge in [0.05, 0.1) is 6.10 Å². The van der Waals surface area contributed by atoms with Crippen molar-refractivity contribution in [3.05, 3.63) is 0 Å². The monoisotopic (exact) mass is 324 g/mol. The Morgan fingerprint density at radius 3 is 2.39 bits per heavy atom. The SMILES string of the molecule is CC1CCC(C(C)C)C(OCC(=O)N2CCC(C(N)=O)CC2)C1. The number of piperidine rings is 1. The predicted molar refractivity (Wildman–Crippen MR) is 89.6 cm³/mol. The summed E-state index contributed by atoms with van der Waals surface area (Å²) in [5.74, 6) is 1.55. The van der Waals surface area contributed by atoms with Crippen LogP contribution in [0, 0.1) is 23.7 Å². The molecule has 0 spiro atoms. The van der Waals surface area contributed by atoms with E-state index in [9.17, 15) is 9.59 Å². The van der Waals surface area contributed by atoms with Gasteiger partial charge in [-0.1, -0.05) is 27.2 Å². The van der Waals surface area contributed by atoms with E-state index in [0.29, 0.717) is 43.7 Å². The molecular weight excluding hydrogens is 292 g/mol. The van der Waals surface area contributed by atoms with E-state index in [4.69, 9.17) is 10.5 Å². The molecule has 0 aromatic carbocycles. The number of likely N-dealkylation sites (tertiary alicyclic amines) is 1. The Kier molecular flexibility index (Phi) is 6.45. The molecular formula is C18H32N2O3. The van der Waals surface area contributed by atoms with Crippen LogP contribution >= 0.6 is 0 Å². The molecule has 3 atom stereocenters. The fourth-order valence-electron chi connectivity index (χ4n) is 3.99. The maximum Gasteiger partial charge on any atom is 0.248 e. The van der Waals surface area contributed by atoms with E-state index in [0.717, 1.165) is 6.42 Å². The normalized spacial score (nSPS) is 29.7. The van der Waals surface area contributed by atoms with Crippen LogP contribution in [0.4, 0.5) is 0 Å². The highest BCUT2D eigenvalue weighted by atomic mass is 16.5. The second-order valence-corrected chi connectivity index (χ2v) is 7.73. The number of hydrogen-bond acceptors (Lipinski definition) is 3. The zero-order chi connectivity index (χ0) is 17.0. The van der Waals surface area contributed by atoms with Gasteiger partial charge in [-0.05, 0) is 43.4 Å². The van der Waals surface area contributed by atoms with Gasteiger partial charge >= 0.3 is 0 Å². The first kappa shape index (κ1) is 18.2. The van der Waals surface area contributed by atoms with Gasteiger partial charge in [0.2, 0.25) is 11.8 Å². The molecule has 132 valence electrons. The smallest absolute Gasteiger partial charge is 0.248 e. The number of carbonyl (C=O) groups excluding carboxylic acids is 2. The van der Waals surface area contributed by atoms with Crippen molar-refractivity contribution in [2.45, 2.75) is 59.0 Å². The van der Waals surface area contributed by atoms with Crippen molar-refractivity contribution >= 4 is 11.8 Å². The molecule has 1 saturated heterocycles. The number of carbonyl (C=O) groups is 2. The van der Waals surface area contributed by atoms with E-state index in [1.165, 1.54) is 12.8 Å². The summed E-state index contributed by atoms with van der Waals surface area (Å²) in [5.41, 5.74) is 5.33.